The number of rotatable bonds is 17. The Morgan fingerprint density at radius 2 is 2.00 bits per heavy atom. The van der Waals surface area contributed by atoms with Gasteiger partial charge in [0.2, 0.25) is 0 Å². The van der Waals surface area contributed by atoms with Crippen molar-refractivity contribution < 1.29 is 37.4 Å². The van der Waals surface area contributed by atoms with Crippen LogP contribution in [-0.4, -0.2) is 70.4 Å². The largest absolute Gasteiger partial charge is 0.465 e. The van der Waals surface area contributed by atoms with Crippen molar-refractivity contribution in [3.05, 3.63) is 54.5 Å². The Balaban J connectivity index is 1.78. The minimum Gasteiger partial charge on any atom is -0.465 e. The number of aliphatic hydroxyl groups is 1. The second-order valence-electron chi connectivity index (χ2n) is 9.29. The number of carbonyl (C=O) groups excluding carboxylic acids is 1. The first kappa shape index (κ1) is 31.4. The van der Waals surface area contributed by atoms with Gasteiger partial charge in [0.1, 0.15) is 35.9 Å². The molecule has 40 heavy (non-hydrogen) atoms. The number of carbonyl (C=O) groups is 1. The number of para-hydroxylation sites is 1. The van der Waals surface area contributed by atoms with Crippen LogP contribution in [0.15, 0.2) is 48.8 Å². The van der Waals surface area contributed by atoms with Gasteiger partial charge in [-0.15, -0.1) is 0 Å². The number of hydrogen-bond donors (Lipinski definition) is 3. The average molecular weight is 582 g/mol. The van der Waals surface area contributed by atoms with Gasteiger partial charge in [0.05, 0.1) is 19.3 Å². The lowest BCUT2D eigenvalue weighted by Crippen LogP contribution is -2.51. The molecule has 3 aromatic rings. The molecule has 0 saturated heterocycles. The Morgan fingerprint density at radius 1 is 1.25 bits per heavy atom. The van der Waals surface area contributed by atoms with Crippen molar-refractivity contribution in [2.24, 2.45) is 0 Å². The first-order valence-corrected chi connectivity index (χ1v) is 14.5. The number of hydrogen-bond acceptors (Lipinski definition) is 10. The number of anilines is 1. The normalized spacial score (nSPS) is 16.1. The van der Waals surface area contributed by atoms with Crippen molar-refractivity contribution in [1.82, 2.24) is 19.7 Å². The van der Waals surface area contributed by atoms with Crippen molar-refractivity contribution in [3.8, 4) is 5.75 Å². The molecule has 1 aromatic carbocycles. The van der Waals surface area contributed by atoms with E-state index in [9.17, 15) is 18.9 Å². The zero-order valence-electron chi connectivity index (χ0n) is 22.9. The molecule has 0 amide bonds. The Morgan fingerprint density at radius 3 is 2.67 bits per heavy atom. The third kappa shape index (κ3) is 7.98. The number of halogens is 1. The molecule has 0 aliphatic rings. The van der Waals surface area contributed by atoms with Gasteiger partial charge in [-0.25, -0.2) is 18.5 Å². The summed E-state index contributed by atoms with van der Waals surface area (Å²) in [5.74, 6) is -0.227. The molecule has 220 valence electrons. The molecule has 12 nitrogen and oxygen atoms in total. The smallest absolute Gasteiger partial charge is 0.459 e. The van der Waals surface area contributed by atoms with Crippen LogP contribution in [0, 0.1) is 0 Å². The van der Waals surface area contributed by atoms with E-state index in [4.69, 9.17) is 24.3 Å². The van der Waals surface area contributed by atoms with E-state index in [2.05, 4.69) is 15.2 Å². The standard InChI is InChI=1S/C26H37FN5O7P/c1-4-5-9-14-37-25(34)19(2)31-40(35,39-21-10-7-6-8-11-21)38-17-26(16-27,36-3)23(33)15-20-12-13-22-24(28)29-18-30-32(20)22/h6-8,10-13,18-19,23,33H,4-5,9,14-17H2,1-3H3,(H,31,35)(H2,28,29,30)/t19-,23-,26+,40?/m0/s1. The summed E-state index contributed by atoms with van der Waals surface area (Å²) in [6.07, 6.45) is 2.25. The van der Waals surface area contributed by atoms with E-state index in [0.29, 0.717) is 17.6 Å². The zero-order chi connectivity index (χ0) is 29.2. The maximum atomic E-state index is 14.5. The SMILES string of the molecule is CCCCCOC(=O)[C@H](C)NP(=O)(OC[C@@](CF)(OC)[C@@H](O)Cc1ccc2c(N)ncnn12)Oc1ccccc1. The number of nitrogens with one attached hydrogen (secondary N) is 1. The number of benzene rings is 1. The molecule has 2 aromatic heterocycles. The third-order valence-electron chi connectivity index (χ3n) is 6.35. The Bertz CT molecular complexity index is 1270. The summed E-state index contributed by atoms with van der Waals surface area (Å²) < 4.78 is 51.7. The maximum Gasteiger partial charge on any atom is 0.459 e. The highest BCUT2D eigenvalue weighted by Crippen LogP contribution is 2.46. The zero-order valence-corrected chi connectivity index (χ0v) is 23.8. The van der Waals surface area contributed by atoms with Crippen molar-refractivity contribution >= 4 is 25.1 Å². The lowest BCUT2D eigenvalue weighted by Gasteiger charge is -2.35. The van der Waals surface area contributed by atoms with E-state index in [0.717, 1.165) is 12.8 Å². The van der Waals surface area contributed by atoms with Crippen LogP contribution in [0.3, 0.4) is 0 Å². The molecule has 1 unspecified atom stereocenters. The number of methoxy groups -OCH3 is 1. The lowest BCUT2D eigenvalue weighted by atomic mass is 9.95. The van der Waals surface area contributed by atoms with Gasteiger partial charge in [-0.1, -0.05) is 38.0 Å². The summed E-state index contributed by atoms with van der Waals surface area (Å²) in [5, 5.41) is 17.8. The molecular weight excluding hydrogens is 544 g/mol. The minimum absolute atomic E-state index is 0.108. The van der Waals surface area contributed by atoms with Crippen LogP contribution in [-0.2, 0) is 29.8 Å². The quantitative estimate of drug-likeness (QED) is 0.122. The molecule has 0 bridgehead atoms. The number of aromatic nitrogens is 3. The van der Waals surface area contributed by atoms with Crippen LogP contribution in [0.1, 0.15) is 38.8 Å². The average Bonchev–Trinajstić information content (AvgIpc) is 3.36. The molecular formula is C26H37FN5O7P. The Hall–Kier alpha value is -3.09. The van der Waals surface area contributed by atoms with Crippen molar-refractivity contribution in [1.29, 1.82) is 0 Å². The first-order valence-electron chi connectivity index (χ1n) is 13.0. The monoisotopic (exact) mass is 581 g/mol. The van der Waals surface area contributed by atoms with Gasteiger partial charge in [0, 0.05) is 19.2 Å². The number of fused-ring (bicyclic) bond motifs is 1. The summed E-state index contributed by atoms with van der Waals surface area (Å²) in [7, 11) is -3.12. The van der Waals surface area contributed by atoms with E-state index >= 15 is 0 Å². The van der Waals surface area contributed by atoms with Crippen LogP contribution in [0.4, 0.5) is 10.2 Å². The van der Waals surface area contributed by atoms with E-state index in [1.54, 1.807) is 42.5 Å². The van der Waals surface area contributed by atoms with Gasteiger partial charge in [-0.05, 0) is 37.6 Å². The molecule has 4 N–H and O–H groups in total. The fourth-order valence-corrected chi connectivity index (χ4v) is 5.41. The highest BCUT2D eigenvalue weighted by molar-refractivity contribution is 7.52. The van der Waals surface area contributed by atoms with Gasteiger partial charge in [0.25, 0.3) is 0 Å². The predicted molar refractivity (Wildman–Crippen MR) is 147 cm³/mol. The number of ether oxygens (including phenoxy) is 2. The summed E-state index contributed by atoms with van der Waals surface area (Å²) >= 11 is 0. The molecule has 3 rings (SSSR count). The molecule has 0 aliphatic heterocycles. The lowest BCUT2D eigenvalue weighted by molar-refractivity contribution is -0.145. The molecule has 0 radical (unpaired) electrons. The molecule has 4 atom stereocenters. The maximum absolute atomic E-state index is 14.5. The molecule has 0 spiro atoms. The third-order valence-corrected chi connectivity index (χ3v) is 7.97. The fourth-order valence-electron chi connectivity index (χ4n) is 3.86. The summed E-state index contributed by atoms with van der Waals surface area (Å²) in [6.45, 7) is 1.82. The number of unbranched alkanes of at least 4 members (excludes halogenated alkanes) is 2. The van der Waals surface area contributed by atoms with Gasteiger partial charge in [-0.2, -0.15) is 10.2 Å². The minimum atomic E-state index is -4.33. The van der Waals surface area contributed by atoms with Crippen LogP contribution in [0.25, 0.3) is 5.52 Å². The summed E-state index contributed by atoms with van der Waals surface area (Å²) in [4.78, 5) is 16.4. The number of nitrogens with two attached hydrogens (primary N) is 1. The highest BCUT2D eigenvalue weighted by Gasteiger charge is 2.43. The molecule has 0 aliphatic carbocycles. The van der Waals surface area contributed by atoms with E-state index in [-0.39, 0.29) is 24.6 Å². The second kappa shape index (κ2) is 14.5. The Kier molecular flexibility index (Phi) is 11.4. The second-order valence-corrected chi connectivity index (χ2v) is 11.0. The van der Waals surface area contributed by atoms with Crippen LogP contribution < -0.4 is 15.3 Å². The van der Waals surface area contributed by atoms with Crippen LogP contribution in [0.5, 0.6) is 5.75 Å². The summed E-state index contributed by atoms with van der Waals surface area (Å²) in [5.41, 5.74) is 4.96. The van der Waals surface area contributed by atoms with Gasteiger partial charge >= 0.3 is 13.7 Å². The van der Waals surface area contributed by atoms with E-state index in [1.165, 1.54) is 24.9 Å². The number of aliphatic hydroxyl groups excluding tert-OH is 1. The number of nitrogens with zero attached hydrogens (tertiary/aromatic N) is 3. The van der Waals surface area contributed by atoms with Gasteiger partial charge in [-0.3, -0.25) is 9.32 Å². The molecule has 2 heterocycles. The molecule has 0 fully saturated rings. The Labute approximate surface area is 232 Å². The van der Waals surface area contributed by atoms with Crippen molar-refractivity contribution in [2.45, 2.75) is 57.3 Å². The molecule has 0 saturated carbocycles. The number of esters is 1. The van der Waals surface area contributed by atoms with Gasteiger partial charge in [0.15, 0.2) is 5.82 Å². The molecule has 14 heteroatoms. The van der Waals surface area contributed by atoms with E-state index in [1.807, 2.05) is 6.92 Å². The van der Waals surface area contributed by atoms with Crippen molar-refractivity contribution in [2.75, 3.05) is 32.7 Å². The van der Waals surface area contributed by atoms with Gasteiger partial charge < -0.3 is 24.8 Å². The van der Waals surface area contributed by atoms with Crippen molar-refractivity contribution in [3.63, 3.8) is 0 Å². The number of nitrogen functional groups attached to an aromatic ring is 1. The van der Waals surface area contributed by atoms with E-state index < -0.39 is 44.7 Å². The summed E-state index contributed by atoms with van der Waals surface area (Å²) in [6, 6.07) is 10.4. The number of alkyl halides is 1. The predicted octanol–water partition coefficient (Wildman–Crippen LogP) is 3.48. The van der Waals surface area contributed by atoms with Crippen LogP contribution >= 0.6 is 7.75 Å². The van der Waals surface area contributed by atoms with Crippen LogP contribution in [0.2, 0.25) is 0 Å². The highest BCUT2D eigenvalue weighted by atomic mass is 31.2. The topological polar surface area (TPSA) is 160 Å². The fraction of sp³-hybridized carbons (Fsp3) is 0.500. The first-order chi connectivity index (χ1) is 19.2.